The molecule has 0 saturated carbocycles. The zero-order valence-corrected chi connectivity index (χ0v) is 13.8. The normalized spacial score (nSPS) is 10.9. The molecule has 128 valence electrons. The van der Waals surface area contributed by atoms with Crippen molar-refractivity contribution < 1.29 is 9.90 Å². The van der Waals surface area contributed by atoms with Gasteiger partial charge in [0.2, 0.25) is 0 Å². The van der Waals surface area contributed by atoms with Gasteiger partial charge < -0.3 is 14.7 Å². The number of carbonyl (C=O) groups is 1. The Balaban J connectivity index is 1.97. The Morgan fingerprint density at radius 1 is 0.923 bits per heavy atom. The molecule has 0 fully saturated rings. The van der Waals surface area contributed by atoms with Crippen LogP contribution in [-0.4, -0.2) is 20.6 Å². The van der Waals surface area contributed by atoms with Gasteiger partial charge >= 0.3 is 5.97 Å². The van der Waals surface area contributed by atoms with E-state index >= 15 is 0 Å². The van der Waals surface area contributed by atoms with Gasteiger partial charge in [0.1, 0.15) is 5.69 Å². The topological polar surface area (TPSA) is 75.1 Å². The second-order valence-corrected chi connectivity index (χ2v) is 6.06. The van der Waals surface area contributed by atoms with E-state index in [1.54, 1.807) is 24.3 Å². The predicted octanol–water partition coefficient (Wildman–Crippen LogP) is 3.74. The summed E-state index contributed by atoms with van der Waals surface area (Å²) in [6.45, 7) is 0.607. The Labute approximate surface area is 149 Å². The van der Waals surface area contributed by atoms with E-state index in [1.165, 1.54) is 0 Å². The van der Waals surface area contributed by atoms with Crippen molar-refractivity contribution in [1.82, 2.24) is 9.55 Å². The van der Waals surface area contributed by atoms with Crippen molar-refractivity contribution in [2.75, 3.05) is 0 Å². The van der Waals surface area contributed by atoms with Gasteiger partial charge in [-0.15, -0.1) is 0 Å². The number of aromatic nitrogens is 2. The molecular formula is C21H16N2O3. The highest BCUT2D eigenvalue weighted by molar-refractivity contribution is 6.05. The summed E-state index contributed by atoms with van der Waals surface area (Å²) in [5.41, 5.74) is 1.88. The molecule has 0 aliphatic rings. The van der Waals surface area contributed by atoms with Crippen LogP contribution in [0.4, 0.5) is 0 Å². The van der Waals surface area contributed by atoms with Gasteiger partial charge in [-0.2, -0.15) is 0 Å². The zero-order valence-electron chi connectivity index (χ0n) is 13.8. The summed E-state index contributed by atoms with van der Waals surface area (Å²) in [4.78, 5) is 26.6. The number of aromatic carboxylic acids is 1. The van der Waals surface area contributed by atoms with Gasteiger partial charge in [-0.3, -0.25) is 4.79 Å². The third-order valence-corrected chi connectivity index (χ3v) is 4.42. The molecule has 4 aromatic rings. The van der Waals surface area contributed by atoms with Gasteiger partial charge in [0, 0.05) is 23.7 Å². The van der Waals surface area contributed by atoms with Crippen LogP contribution in [0.3, 0.4) is 0 Å². The molecule has 2 aromatic heterocycles. The summed E-state index contributed by atoms with van der Waals surface area (Å²) >= 11 is 0. The molecule has 0 saturated heterocycles. The third-order valence-electron chi connectivity index (χ3n) is 4.42. The summed E-state index contributed by atoms with van der Waals surface area (Å²) in [7, 11) is 0. The lowest BCUT2D eigenvalue weighted by molar-refractivity contribution is 0.0691. The number of pyridine rings is 1. The van der Waals surface area contributed by atoms with Crippen LogP contribution in [0.2, 0.25) is 0 Å². The average molecular weight is 344 g/mol. The van der Waals surface area contributed by atoms with Crippen molar-refractivity contribution in [3.05, 3.63) is 94.5 Å². The van der Waals surface area contributed by atoms with Gasteiger partial charge in [0.15, 0.2) is 0 Å². The molecule has 0 spiro atoms. The number of benzene rings is 2. The van der Waals surface area contributed by atoms with E-state index in [9.17, 15) is 14.7 Å². The Morgan fingerprint density at radius 2 is 1.62 bits per heavy atom. The highest BCUT2D eigenvalue weighted by Crippen LogP contribution is 2.30. The lowest BCUT2D eigenvalue weighted by atomic mass is 10.0. The molecule has 0 aliphatic heterocycles. The fraction of sp³-hybridized carbons (Fsp3) is 0.0476. The molecule has 0 bridgehead atoms. The number of carboxylic acid groups (broad SMARTS) is 1. The number of nitrogens with one attached hydrogen (secondary N) is 1. The molecule has 0 radical (unpaired) electrons. The highest BCUT2D eigenvalue weighted by atomic mass is 16.4. The SMILES string of the molecule is O=C(O)c1[nH]c(=O)c2ccccc2c1-c1cccn1Cc1ccccc1. The number of aromatic amines is 1. The van der Waals surface area contributed by atoms with E-state index in [-0.39, 0.29) is 5.69 Å². The van der Waals surface area contributed by atoms with Crippen LogP contribution in [0, 0.1) is 0 Å². The molecule has 2 heterocycles. The van der Waals surface area contributed by atoms with Crippen molar-refractivity contribution in [2.45, 2.75) is 6.54 Å². The van der Waals surface area contributed by atoms with E-state index in [0.717, 1.165) is 11.3 Å². The first-order valence-electron chi connectivity index (χ1n) is 8.23. The summed E-state index contributed by atoms with van der Waals surface area (Å²) in [5.74, 6) is -1.16. The molecule has 5 nitrogen and oxygen atoms in total. The van der Waals surface area contributed by atoms with Crippen LogP contribution in [0.15, 0.2) is 77.7 Å². The maximum atomic E-state index is 12.3. The Kier molecular flexibility index (Phi) is 3.89. The van der Waals surface area contributed by atoms with E-state index in [0.29, 0.717) is 22.9 Å². The molecule has 0 unspecified atom stereocenters. The maximum absolute atomic E-state index is 12.3. The van der Waals surface area contributed by atoms with Crippen molar-refractivity contribution in [3.63, 3.8) is 0 Å². The first-order valence-corrected chi connectivity index (χ1v) is 8.23. The number of hydrogen-bond donors (Lipinski definition) is 2. The summed E-state index contributed by atoms with van der Waals surface area (Å²) < 4.78 is 1.99. The molecule has 5 heteroatoms. The van der Waals surface area contributed by atoms with Crippen LogP contribution < -0.4 is 5.56 Å². The first-order chi connectivity index (χ1) is 12.6. The predicted molar refractivity (Wildman–Crippen MR) is 100 cm³/mol. The molecule has 2 N–H and O–H groups in total. The molecule has 0 atom stereocenters. The molecule has 0 aliphatic carbocycles. The summed E-state index contributed by atoms with van der Waals surface area (Å²) in [5, 5.41) is 10.7. The number of nitrogens with zero attached hydrogens (tertiary/aromatic N) is 1. The van der Waals surface area contributed by atoms with Crippen LogP contribution in [-0.2, 0) is 6.54 Å². The van der Waals surface area contributed by atoms with Gasteiger partial charge in [-0.25, -0.2) is 4.79 Å². The lowest BCUT2D eigenvalue weighted by Gasteiger charge is -2.14. The minimum absolute atomic E-state index is 0.0956. The van der Waals surface area contributed by atoms with Crippen LogP contribution in [0.5, 0.6) is 0 Å². The van der Waals surface area contributed by atoms with Gasteiger partial charge in [0.25, 0.3) is 5.56 Å². The van der Waals surface area contributed by atoms with Crippen molar-refractivity contribution >= 4 is 16.7 Å². The van der Waals surface area contributed by atoms with Crippen LogP contribution in [0.1, 0.15) is 16.1 Å². The number of carboxylic acids is 1. The molecule has 2 aromatic carbocycles. The van der Waals surface area contributed by atoms with E-state index in [2.05, 4.69) is 4.98 Å². The van der Waals surface area contributed by atoms with Gasteiger partial charge in [-0.1, -0.05) is 48.5 Å². The second kappa shape index (κ2) is 6.37. The summed E-state index contributed by atoms with van der Waals surface area (Å²) in [6.07, 6.45) is 1.91. The quantitative estimate of drug-likeness (QED) is 0.592. The minimum atomic E-state index is -1.16. The molecule has 0 amide bonds. The molecule has 26 heavy (non-hydrogen) atoms. The van der Waals surface area contributed by atoms with E-state index < -0.39 is 11.5 Å². The molecule has 4 rings (SSSR count). The number of H-pyrrole nitrogens is 1. The number of fused-ring (bicyclic) bond motifs is 1. The maximum Gasteiger partial charge on any atom is 0.353 e. The largest absolute Gasteiger partial charge is 0.477 e. The fourth-order valence-electron chi connectivity index (χ4n) is 3.26. The fourth-order valence-corrected chi connectivity index (χ4v) is 3.26. The van der Waals surface area contributed by atoms with E-state index in [1.807, 2.05) is 53.2 Å². The Hall–Kier alpha value is -3.60. The average Bonchev–Trinajstić information content (AvgIpc) is 3.10. The molecular weight excluding hydrogens is 328 g/mol. The first kappa shape index (κ1) is 15.9. The summed E-state index contributed by atoms with van der Waals surface area (Å²) in [6, 6.07) is 20.7. The lowest BCUT2D eigenvalue weighted by Crippen LogP contribution is -2.16. The Bertz CT molecular complexity index is 1160. The smallest absolute Gasteiger partial charge is 0.353 e. The van der Waals surface area contributed by atoms with Crippen LogP contribution in [0.25, 0.3) is 22.0 Å². The zero-order chi connectivity index (χ0) is 18.1. The van der Waals surface area contributed by atoms with Gasteiger partial charge in [0.05, 0.1) is 5.69 Å². The van der Waals surface area contributed by atoms with Gasteiger partial charge in [-0.05, 0) is 29.1 Å². The Morgan fingerprint density at radius 3 is 2.35 bits per heavy atom. The van der Waals surface area contributed by atoms with Crippen molar-refractivity contribution in [3.8, 4) is 11.3 Å². The third kappa shape index (κ3) is 2.69. The highest BCUT2D eigenvalue weighted by Gasteiger charge is 2.20. The number of hydrogen-bond acceptors (Lipinski definition) is 2. The number of rotatable bonds is 4. The van der Waals surface area contributed by atoms with Crippen LogP contribution >= 0.6 is 0 Å². The van der Waals surface area contributed by atoms with Crippen molar-refractivity contribution in [2.24, 2.45) is 0 Å². The van der Waals surface area contributed by atoms with Crippen molar-refractivity contribution in [1.29, 1.82) is 0 Å². The second-order valence-electron chi connectivity index (χ2n) is 6.06. The minimum Gasteiger partial charge on any atom is -0.477 e. The monoisotopic (exact) mass is 344 g/mol. The van der Waals surface area contributed by atoms with E-state index in [4.69, 9.17) is 0 Å². The standard InChI is InChI=1S/C21H16N2O3/c24-20-16-10-5-4-9-15(16)18(19(22-20)21(25)26)17-11-6-12-23(17)13-14-7-2-1-3-8-14/h1-12H,13H2,(H,22,24)(H,25,26).